The number of hydrogen-bond acceptors (Lipinski definition) is 6. The van der Waals surface area contributed by atoms with Gasteiger partial charge in [0, 0.05) is 11.3 Å². The van der Waals surface area contributed by atoms with E-state index in [4.69, 9.17) is 4.74 Å². The molecule has 0 bridgehead atoms. The van der Waals surface area contributed by atoms with E-state index in [0.717, 1.165) is 5.56 Å². The number of ether oxygens (including phenoxy) is 1. The fraction of sp³-hybridized carbons (Fsp3) is 0.391. The fourth-order valence-electron chi connectivity index (χ4n) is 3.84. The number of carbonyl (C=O) groups excluding carboxylic acids is 2. The minimum atomic E-state index is -3.97. The van der Waals surface area contributed by atoms with Gasteiger partial charge >= 0.3 is 5.97 Å². The lowest BCUT2D eigenvalue weighted by atomic mass is 9.91. The molecule has 1 heterocycles. The lowest BCUT2D eigenvalue weighted by molar-refractivity contribution is -0.144. The molecule has 1 amide bonds. The second-order valence-corrected chi connectivity index (χ2v) is 9.67. The normalized spacial score (nSPS) is 15.2. The fourth-order valence-corrected chi connectivity index (χ4v) is 5.18. The minimum Gasteiger partial charge on any atom is -0.468 e. The average Bonchev–Trinajstić information content (AvgIpc) is 2.79. The van der Waals surface area contributed by atoms with Gasteiger partial charge in [0.05, 0.1) is 12.0 Å². The molecule has 2 aromatic carbocycles. The number of anilines is 1. The second-order valence-electron chi connectivity index (χ2n) is 7.96. The molecule has 1 aliphatic heterocycles. The summed E-state index contributed by atoms with van der Waals surface area (Å²) in [7, 11) is -2.72. The number of methoxy groups -OCH3 is 1. The molecule has 1 atom stereocenters. The molecule has 0 saturated carbocycles. The Morgan fingerprint density at radius 3 is 2.33 bits per heavy atom. The van der Waals surface area contributed by atoms with Gasteiger partial charge in [-0.15, -0.1) is 12.4 Å². The molecule has 1 aliphatic rings. The van der Waals surface area contributed by atoms with Gasteiger partial charge < -0.3 is 15.4 Å². The average molecular weight is 496 g/mol. The summed E-state index contributed by atoms with van der Waals surface area (Å²) in [6.07, 6.45) is 1.34. The van der Waals surface area contributed by atoms with E-state index >= 15 is 0 Å². The maximum Gasteiger partial charge on any atom is 0.324 e. The highest BCUT2D eigenvalue weighted by Gasteiger charge is 2.34. The van der Waals surface area contributed by atoms with E-state index in [1.807, 2.05) is 19.1 Å². The molecule has 180 valence electrons. The summed E-state index contributed by atoms with van der Waals surface area (Å²) in [5.74, 6) is -1.01. The highest BCUT2D eigenvalue weighted by Crippen LogP contribution is 2.23. The van der Waals surface area contributed by atoms with Gasteiger partial charge in [0.25, 0.3) is 5.91 Å². The lowest BCUT2D eigenvalue weighted by Crippen LogP contribution is -2.49. The van der Waals surface area contributed by atoms with Crippen LogP contribution < -0.4 is 15.4 Å². The molecule has 1 fully saturated rings. The summed E-state index contributed by atoms with van der Waals surface area (Å²) in [5.41, 5.74) is 2.50. The number of nitrogens with one attached hydrogen (secondary N) is 3. The Morgan fingerprint density at radius 2 is 1.73 bits per heavy atom. The number of rotatable bonds is 7. The van der Waals surface area contributed by atoms with E-state index in [-0.39, 0.29) is 29.1 Å². The maximum atomic E-state index is 13.0. The highest BCUT2D eigenvalue weighted by molar-refractivity contribution is 7.89. The molecule has 8 nitrogen and oxygen atoms in total. The van der Waals surface area contributed by atoms with Crippen molar-refractivity contribution in [3.8, 4) is 0 Å². The SMILES string of the molecule is COC(=O)C(NS(=O)(=O)c1ccc(NC(=O)c2ccccc2C)c(C)c1)C1CCNCC1.Cl. The van der Waals surface area contributed by atoms with Crippen molar-refractivity contribution in [1.82, 2.24) is 10.0 Å². The molecule has 33 heavy (non-hydrogen) atoms. The van der Waals surface area contributed by atoms with Crippen LogP contribution in [0.15, 0.2) is 47.4 Å². The van der Waals surface area contributed by atoms with Crippen LogP contribution >= 0.6 is 12.4 Å². The Kier molecular flexibility index (Phi) is 9.42. The van der Waals surface area contributed by atoms with E-state index < -0.39 is 22.0 Å². The molecule has 3 N–H and O–H groups in total. The third-order valence-electron chi connectivity index (χ3n) is 5.74. The maximum absolute atomic E-state index is 13.0. The number of aryl methyl sites for hydroxylation is 2. The van der Waals surface area contributed by atoms with Crippen molar-refractivity contribution >= 4 is 40.0 Å². The zero-order chi connectivity index (χ0) is 23.3. The Labute approximate surface area is 200 Å². The third kappa shape index (κ3) is 6.54. The predicted molar refractivity (Wildman–Crippen MR) is 129 cm³/mol. The van der Waals surface area contributed by atoms with Gasteiger partial charge in [0.1, 0.15) is 6.04 Å². The van der Waals surface area contributed by atoms with E-state index in [9.17, 15) is 18.0 Å². The zero-order valence-corrected chi connectivity index (χ0v) is 20.5. The Hall–Kier alpha value is -2.46. The van der Waals surface area contributed by atoms with Crippen LogP contribution in [0.2, 0.25) is 0 Å². The van der Waals surface area contributed by atoms with Crippen molar-refractivity contribution < 1.29 is 22.7 Å². The monoisotopic (exact) mass is 495 g/mol. The smallest absolute Gasteiger partial charge is 0.324 e. The van der Waals surface area contributed by atoms with Gasteiger partial charge in [-0.1, -0.05) is 18.2 Å². The Balaban J connectivity index is 0.00000385. The first-order chi connectivity index (χ1) is 15.2. The van der Waals surface area contributed by atoms with Crippen molar-refractivity contribution in [2.45, 2.75) is 37.6 Å². The number of sulfonamides is 1. The summed E-state index contributed by atoms with van der Waals surface area (Å²) in [5, 5.41) is 6.03. The van der Waals surface area contributed by atoms with Gasteiger partial charge in [-0.3, -0.25) is 9.59 Å². The van der Waals surface area contributed by atoms with Crippen LogP contribution in [-0.2, 0) is 19.6 Å². The number of carbonyl (C=O) groups is 2. The van der Waals surface area contributed by atoms with Crippen LogP contribution in [0.1, 0.15) is 34.3 Å². The molecule has 0 aromatic heterocycles. The molecule has 0 aliphatic carbocycles. The van der Waals surface area contributed by atoms with Crippen molar-refractivity contribution in [2.24, 2.45) is 5.92 Å². The van der Waals surface area contributed by atoms with Crippen LogP contribution in [0, 0.1) is 19.8 Å². The van der Waals surface area contributed by atoms with Crippen molar-refractivity contribution in [3.05, 3.63) is 59.2 Å². The molecular formula is C23H30ClN3O5S. The Morgan fingerprint density at radius 1 is 1.06 bits per heavy atom. The number of benzene rings is 2. The van der Waals surface area contributed by atoms with E-state index in [1.54, 1.807) is 25.1 Å². The first kappa shape index (κ1) is 26.8. The summed E-state index contributed by atoms with van der Waals surface area (Å²) < 4.78 is 33.5. The van der Waals surface area contributed by atoms with Crippen LogP contribution in [0.3, 0.4) is 0 Å². The highest BCUT2D eigenvalue weighted by atomic mass is 35.5. The Bertz CT molecular complexity index is 1100. The van der Waals surface area contributed by atoms with Gasteiger partial charge in [0.2, 0.25) is 10.0 Å². The summed E-state index contributed by atoms with van der Waals surface area (Å²) >= 11 is 0. The van der Waals surface area contributed by atoms with Gasteiger partial charge in [-0.05, 0) is 81.1 Å². The number of esters is 1. The molecule has 10 heteroatoms. The first-order valence-electron chi connectivity index (χ1n) is 10.5. The third-order valence-corrected chi connectivity index (χ3v) is 7.18. The molecule has 3 rings (SSSR count). The van der Waals surface area contributed by atoms with Crippen LogP contribution in [0.4, 0.5) is 5.69 Å². The van der Waals surface area contributed by atoms with Crippen LogP contribution in [-0.4, -0.2) is 46.5 Å². The minimum absolute atomic E-state index is 0. The molecule has 1 saturated heterocycles. The van der Waals surface area contributed by atoms with E-state index in [0.29, 0.717) is 42.7 Å². The van der Waals surface area contributed by atoms with Gasteiger partial charge in [-0.25, -0.2) is 8.42 Å². The standard InChI is InChI=1S/C23H29N3O5S.ClH/c1-15-6-4-5-7-19(15)22(27)25-20-9-8-18(14-16(20)2)32(29,30)26-21(23(28)31-3)17-10-12-24-13-11-17;/h4-9,14,17,21,24,26H,10-13H2,1-3H3,(H,25,27);1H. The lowest BCUT2D eigenvalue weighted by Gasteiger charge is -2.29. The zero-order valence-electron chi connectivity index (χ0n) is 18.9. The summed E-state index contributed by atoms with van der Waals surface area (Å²) in [6, 6.07) is 10.7. The quantitative estimate of drug-likeness (QED) is 0.509. The first-order valence-corrected chi connectivity index (χ1v) is 12.0. The largest absolute Gasteiger partial charge is 0.468 e. The number of amides is 1. The van der Waals surface area contributed by atoms with E-state index in [2.05, 4.69) is 15.4 Å². The summed E-state index contributed by atoms with van der Waals surface area (Å²) in [6.45, 7) is 5.00. The number of hydrogen-bond donors (Lipinski definition) is 3. The number of halogens is 1. The topological polar surface area (TPSA) is 114 Å². The van der Waals surface area contributed by atoms with Crippen molar-refractivity contribution in [1.29, 1.82) is 0 Å². The van der Waals surface area contributed by atoms with Crippen molar-refractivity contribution in [2.75, 3.05) is 25.5 Å². The molecule has 0 spiro atoms. The van der Waals surface area contributed by atoms with Crippen LogP contribution in [0.5, 0.6) is 0 Å². The molecule has 1 unspecified atom stereocenters. The second kappa shape index (κ2) is 11.6. The van der Waals surface area contributed by atoms with Crippen LogP contribution in [0.25, 0.3) is 0 Å². The predicted octanol–water partition coefficient (Wildman–Crippen LogP) is 2.80. The molecule has 0 radical (unpaired) electrons. The van der Waals surface area contributed by atoms with Gasteiger partial charge in [0.15, 0.2) is 0 Å². The molecular weight excluding hydrogens is 466 g/mol. The number of piperidine rings is 1. The van der Waals surface area contributed by atoms with Gasteiger partial charge in [-0.2, -0.15) is 4.72 Å². The molecule has 2 aromatic rings. The van der Waals surface area contributed by atoms with Crippen molar-refractivity contribution in [3.63, 3.8) is 0 Å². The van der Waals surface area contributed by atoms with E-state index in [1.165, 1.54) is 19.2 Å². The summed E-state index contributed by atoms with van der Waals surface area (Å²) in [4.78, 5) is 24.9.